The molecule has 0 saturated carbocycles. The van der Waals surface area contributed by atoms with Crippen LogP contribution >= 0.6 is 0 Å². The standard InChI is InChI=1S/C86H155NO8/c1-6-8-10-12-14-16-18-20-22-24-26-28-30-32-34-36-37-38-39-40-41-42-43-44-45-46-47-49-50-52-54-56-58-60-62-64-66-68-70-72-74-76-83(88)93-80-82(81-94-86(85(90)91)92-79-78-87(3,4)5)95-84(89)77-75-73-71-69-67-65-63-61-59-57-55-53-51-48-35-33-31-29-27-25-23-21-19-17-15-13-11-9-7-2/h9,11,15,17-18,20-21,23-24,26-27,29-30,32,82,86H,6-8,10,12-14,16,19,22,25,28,31,33-81H2,1-5H3/b11-9-,17-15-,20-18-,23-21-,26-24-,29-27-,32-30-. The predicted molar refractivity (Wildman–Crippen MR) is 408 cm³/mol. The number of carboxylic acids is 1. The van der Waals surface area contributed by atoms with Crippen LogP contribution in [0.4, 0.5) is 0 Å². The number of esters is 2. The van der Waals surface area contributed by atoms with Gasteiger partial charge in [-0.1, -0.05) is 369 Å². The molecule has 0 N–H and O–H groups in total. The van der Waals surface area contributed by atoms with Crippen LogP contribution in [0, 0.1) is 0 Å². The molecule has 0 amide bonds. The lowest BCUT2D eigenvalue weighted by molar-refractivity contribution is -0.870. The Morgan fingerprint density at radius 2 is 0.600 bits per heavy atom. The van der Waals surface area contributed by atoms with E-state index in [2.05, 4.69) is 98.9 Å². The molecule has 0 aliphatic rings. The summed E-state index contributed by atoms with van der Waals surface area (Å²) in [6, 6.07) is 0. The zero-order valence-corrected chi connectivity index (χ0v) is 63.3. The molecule has 95 heavy (non-hydrogen) atoms. The van der Waals surface area contributed by atoms with Crippen LogP contribution in [0.15, 0.2) is 85.1 Å². The van der Waals surface area contributed by atoms with Gasteiger partial charge in [-0.3, -0.25) is 9.59 Å². The third kappa shape index (κ3) is 77.7. The molecular weight excluding hydrogens is 1170 g/mol. The first kappa shape index (κ1) is 91.5. The highest BCUT2D eigenvalue weighted by atomic mass is 16.7. The van der Waals surface area contributed by atoms with Crippen molar-refractivity contribution < 1.29 is 42.9 Å². The van der Waals surface area contributed by atoms with E-state index in [9.17, 15) is 19.5 Å². The second-order valence-corrected chi connectivity index (χ2v) is 28.7. The summed E-state index contributed by atoms with van der Waals surface area (Å²) in [6.45, 7) is 4.68. The average Bonchev–Trinajstić information content (AvgIpc) is 2.86. The number of allylic oxidation sites excluding steroid dienone is 14. The molecule has 0 aromatic heterocycles. The van der Waals surface area contributed by atoms with Crippen molar-refractivity contribution in [2.24, 2.45) is 0 Å². The summed E-state index contributed by atoms with van der Waals surface area (Å²) in [5, 5.41) is 11.9. The topological polar surface area (TPSA) is 111 Å². The smallest absolute Gasteiger partial charge is 0.306 e. The second-order valence-electron chi connectivity index (χ2n) is 28.7. The SMILES string of the molecule is CC/C=C\C/C=C\C/C=C\C/C=C\CCCCCCCCCCCCCCCCCCC(=O)OC(COC(=O)CCCCCCCCCCCCCCCCCCCCCCCCCCCC/C=C\C/C=C\C/C=C\CCCCCCC)COC(OCC[N+](C)(C)C)C(=O)[O-]. The van der Waals surface area contributed by atoms with E-state index >= 15 is 0 Å². The molecule has 0 aromatic rings. The molecule has 2 atom stereocenters. The van der Waals surface area contributed by atoms with E-state index in [4.69, 9.17) is 18.9 Å². The Kier molecular flexibility index (Phi) is 73.4. The van der Waals surface area contributed by atoms with Gasteiger partial charge in [0.15, 0.2) is 12.4 Å². The highest BCUT2D eigenvalue weighted by Gasteiger charge is 2.22. The van der Waals surface area contributed by atoms with Crippen molar-refractivity contribution in [1.29, 1.82) is 0 Å². The largest absolute Gasteiger partial charge is 0.545 e. The lowest BCUT2D eigenvalue weighted by atomic mass is 10.0. The number of ether oxygens (including phenoxy) is 4. The molecule has 2 unspecified atom stereocenters. The first-order chi connectivity index (χ1) is 46.6. The molecule has 0 saturated heterocycles. The summed E-state index contributed by atoms with van der Waals surface area (Å²) < 4.78 is 22.9. The van der Waals surface area contributed by atoms with Gasteiger partial charge in [-0.25, -0.2) is 0 Å². The summed E-state index contributed by atoms with van der Waals surface area (Å²) >= 11 is 0. The lowest BCUT2D eigenvalue weighted by Gasteiger charge is -2.26. The molecule has 0 bridgehead atoms. The summed E-state index contributed by atoms with van der Waals surface area (Å²) in [7, 11) is 5.95. The van der Waals surface area contributed by atoms with Gasteiger partial charge in [-0.05, 0) is 89.9 Å². The third-order valence-electron chi connectivity index (χ3n) is 18.1. The first-order valence-corrected chi connectivity index (χ1v) is 40.7. The highest BCUT2D eigenvalue weighted by molar-refractivity contribution is 5.70. The maximum atomic E-state index is 13.0. The molecule has 0 spiro atoms. The van der Waals surface area contributed by atoms with Crippen LogP contribution in [0.2, 0.25) is 0 Å². The monoisotopic (exact) mass is 1330 g/mol. The third-order valence-corrected chi connectivity index (χ3v) is 18.1. The van der Waals surface area contributed by atoms with Crippen LogP contribution in [0.3, 0.4) is 0 Å². The molecular formula is C86H155NO8. The Morgan fingerprint density at radius 3 is 0.895 bits per heavy atom. The van der Waals surface area contributed by atoms with Crippen molar-refractivity contribution in [3.8, 4) is 0 Å². The summed E-state index contributed by atoms with van der Waals surface area (Å²) in [5.74, 6) is -2.26. The predicted octanol–water partition coefficient (Wildman–Crippen LogP) is 24.8. The van der Waals surface area contributed by atoms with Crippen molar-refractivity contribution in [3.63, 3.8) is 0 Å². The number of carboxylic acid groups (broad SMARTS) is 1. The number of carbonyl (C=O) groups excluding carboxylic acids is 3. The van der Waals surface area contributed by atoms with E-state index in [0.29, 0.717) is 23.9 Å². The van der Waals surface area contributed by atoms with E-state index in [1.165, 1.54) is 283 Å². The Morgan fingerprint density at radius 1 is 0.326 bits per heavy atom. The average molecular weight is 1330 g/mol. The van der Waals surface area contributed by atoms with Gasteiger partial charge in [-0.15, -0.1) is 0 Å². The van der Waals surface area contributed by atoms with Crippen LogP contribution in [-0.4, -0.2) is 82.3 Å². The Labute approximate surface area is 589 Å². The van der Waals surface area contributed by atoms with Gasteiger partial charge in [0, 0.05) is 12.8 Å². The Hall–Kier alpha value is -3.53. The molecule has 0 aliphatic carbocycles. The maximum absolute atomic E-state index is 13.0. The van der Waals surface area contributed by atoms with E-state index in [1.807, 2.05) is 21.1 Å². The minimum atomic E-state index is -1.62. The van der Waals surface area contributed by atoms with E-state index < -0.39 is 24.3 Å². The Bertz CT molecular complexity index is 1840. The van der Waals surface area contributed by atoms with Gasteiger partial charge >= 0.3 is 11.9 Å². The van der Waals surface area contributed by atoms with Crippen molar-refractivity contribution >= 4 is 17.9 Å². The fraction of sp³-hybridized carbons (Fsp3) is 0.802. The number of hydrogen-bond acceptors (Lipinski definition) is 8. The zero-order chi connectivity index (χ0) is 69.0. The van der Waals surface area contributed by atoms with Crippen LogP contribution in [0.25, 0.3) is 0 Å². The van der Waals surface area contributed by atoms with Crippen LogP contribution < -0.4 is 5.11 Å². The van der Waals surface area contributed by atoms with Crippen LogP contribution in [0.5, 0.6) is 0 Å². The fourth-order valence-corrected chi connectivity index (χ4v) is 12.0. The number of nitrogens with zero attached hydrogens (tertiary/aromatic N) is 1. The van der Waals surface area contributed by atoms with Crippen LogP contribution in [0.1, 0.15) is 386 Å². The molecule has 0 aromatic carbocycles. The zero-order valence-electron chi connectivity index (χ0n) is 63.3. The van der Waals surface area contributed by atoms with E-state index in [0.717, 1.165) is 70.6 Å². The van der Waals surface area contributed by atoms with Crippen molar-refractivity contribution in [2.75, 3.05) is 47.5 Å². The summed E-state index contributed by atoms with van der Waals surface area (Å²) in [5.41, 5.74) is 0. The molecule has 0 heterocycles. The van der Waals surface area contributed by atoms with Gasteiger partial charge in [0.25, 0.3) is 0 Å². The van der Waals surface area contributed by atoms with E-state index in [-0.39, 0.29) is 32.2 Å². The van der Waals surface area contributed by atoms with Crippen molar-refractivity contribution in [1.82, 2.24) is 0 Å². The number of quaternary nitrogens is 1. The number of aliphatic carboxylic acids is 1. The quantitative estimate of drug-likeness (QED) is 0.0195. The molecule has 0 aliphatic heterocycles. The van der Waals surface area contributed by atoms with Gasteiger partial charge in [0.1, 0.15) is 13.2 Å². The number of carbonyl (C=O) groups is 3. The van der Waals surface area contributed by atoms with Gasteiger partial charge in [0.2, 0.25) is 0 Å². The van der Waals surface area contributed by atoms with Gasteiger partial charge in [0.05, 0.1) is 40.3 Å². The lowest BCUT2D eigenvalue weighted by Crippen LogP contribution is -2.44. The van der Waals surface area contributed by atoms with Crippen LogP contribution in [-0.2, 0) is 33.3 Å². The second kappa shape index (κ2) is 76.2. The van der Waals surface area contributed by atoms with Crippen molar-refractivity contribution in [3.05, 3.63) is 85.1 Å². The van der Waals surface area contributed by atoms with Crippen molar-refractivity contribution in [2.45, 2.75) is 399 Å². The van der Waals surface area contributed by atoms with Gasteiger partial charge < -0.3 is 33.3 Å². The summed E-state index contributed by atoms with van der Waals surface area (Å²) in [4.78, 5) is 37.6. The molecule has 9 heteroatoms. The molecule has 9 nitrogen and oxygen atoms in total. The number of rotatable bonds is 76. The molecule has 0 rings (SSSR count). The number of likely N-dealkylation sites (N-methyl/N-ethyl adjacent to an activating group) is 1. The maximum Gasteiger partial charge on any atom is 0.306 e. The highest BCUT2D eigenvalue weighted by Crippen LogP contribution is 2.19. The molecule has 552 valence electrons. The molecule has 0 fully saturated rings. The van der Waals surface area contributed by atoms with Gasteiger partial charge in [-0.2, -0.15) is 0 Å². The number of unbranched alkanes of at least 4 members (excludes halogenated alkanes) is 47. The first-order valence-electron chi connectivity index (χ1n) is 40.7. The normalized spacial score (nSPS) is 13.1. The minimum Gasteiger partial charge on any atom is -0.545 e. The molecule has 0 radical (unpaired) electrons. The Balaban J connectivity index is 3.95. The number of hydrogen-bond donors (Lipinski definition) is 0. The van der Waals surface area contributed by atoms with E-state index in [1.54, 1.807) is 0 Å². The minimum absolute atomic E-state index is 0.148. The summed E-state index contributed by atoms with van der Waals surface area (Å²) in [6.07, 6.45) is 101. The fourth-order valence-electron chi connectivity index (χ4n) is 12.0.